The van der Waals surface area contributed by atoms with Crippen molar-refractivity contribution in [2.24, 2.45) is 11.8 Å². The number of hydrogen-bond donors (Lipinski definition) is 0. The minimum Gasteiger partial charge on any atom is -0.497 e. The Morgan fingerprint density at radius 2 is 2.13 bits per heavy atom. The number of likely N-dealkylation sites (tertiary alicyclic amines) is 1. The van der Waals surface area contributed by atoms with Gasteiger partial charge in [0.1, 0.15) is 5.75 Å². The van der Waals surface area contributed by atoms with Crippen LogP contribution in [0.2, 0.25) is 0 Å². The molecular formula is C19H28N2O2. The summed E-state index contributed by atoms with van der Waals surface area (Å²) in [7, 11) is 5.93. The Bertz CT molecular complexity index is 572. The van der Waals surface area contributed by atoms with Crippen LogP contribution in [0.15, 0.2) is 24.3 Å². The molecule has 23 heavy (non-hydrogen) atoms. The van der Waals surface area contributed by atoms with Gasteiger partial charge in [0.25, 0.3) is 0 Å². The van der Waals surface area contributed by atoms with Gasteiger partial charge < -0.3 is 14.5 Å². The van der Waals surface area contributed by atoms with E-state index in [1.165, 1.54) is 5.56 Å². The molecule has 1 saturated carbocycles. The zero-order chi connectivity index (χ0) is 16.6. The van der Waals surface area contributed by atoms with E-state index in [1.807, 2.05) is 12.1 Å². The summed E-state index contributed by atoms with van der Waals surface area (Å²) >= 11 is 0. The lowest BCUT2D eigenvalue weighted by Gasteiger charge is -2.23. The van der Waals surface area contributed by atoms with E-state index in [2.05, 4.69) is 43.0 Å². The second-order valence-corrected chi connectivity index (χ2v) is 7.17. The van der Waals surface area contributed by atoms with E-state index in [-0.39, 0.29) is 5.92 Å². The third-order valence-corrected chi connectivity index (χ3v) is 5.54. The second-order valence-electron chi connectivity index (χ2n) is 7.17. The van der Waals surface area contributed by atoms with E-state index in [0.717, 1.165) is 31.7 Å². The van der Waals surface area contributed by atoms with Gasteiger partial charge in [-0.3, -0.25) is 4.79 Å². The maximum absolute atomic E-state index is 12.9. The van der Waals surface area contributed by atoms with Gasteiger partial charge in [0.05, 0.1) is 7.11 Å². The Labute approximate surface area is 139 Å². The quantitative estimate of drug-likeness (QED) is 0.837. The average molecular weight is 316 g/mol. The highest BCUT2D eigenvalue weighted by atomic mass is 16.5. The lowest BCUT2D eigenvalue weighted by molar-refractivity contribution is -0.131. The summed E-state index contributed by atoms with van der Waals surface area (Å²) in [5.74, 6) is 2.36. The molecule has 2 fully saturated rings. The van der Waals surface area contributed by atoms with Gasteiger partial charge in [-0.25, -0.2) is 0 Å². The number of nitrogens with zero attached hydrogens (tertiary/aromatic N) is 2. The molecule has 1 amide bonds. The zero-order valence-electron chi connectivity index (χ0n) is 14.7. The normalized spacial score (nSPS) is 29.9. The van der Waals surface area contributed by atoms with Gasteiger partial charge in [0, 0.05) is 25.0 Å². The molecule has 0 radical (unpaired) electrons. The molecule has 4 heteroatoms. The van der Waals surface area contributed by atoms with E-state index in [1.54, 1.807) is 7.11 Å². The number of hydrogen-bond acceptors (Lipinski definition) is 3. The predicted octanol–water partition coefficient (Wildman–Crippen LogP) is 2.60. The summed E-state index contributed by atoms with van der Waals surface area (Å²) in [6.45, 7) is 4.02. The SMILES string of the molecule is CCC1CN(C(=O)C2CC2c2cccc(OC)c2)CC1N(C)C. The van der Waals surface area contributed by atoms with Crippen LogP contribution < -0.4 is 4.74 Å². The van der Waals surface area contributed by atoms with E-state index in [4.69, 9.17) is 4.74 Å². The van der Waals surface area contributed by atoms with Crippen LogP contribution in [0, 0.1) is 11.8 Å². The minimum absolute atomic E-state index is 0.167. The molecular weight excluding hydrogens is 288 g/mol. The first-order chi connectivity index (χ1) is 11.0. The number of carbonyl (C=O) groups is 1. The van der Waals surface area contributed by atoms with Crippen molar-refractivity contribution in [2.45, 2.75) is 31.7 Å². The molecule has 4 nitrogen and oxygen atoms in total. The third-order valence-electron chi connectivity index (χ3n) is 5.54. The number of amides is 1. The van der Waals surface area contributed by atoms with Crippen LogP contribution in [-0.2, 0) is 4.79 Å². The Balaban J connectivity index is 1.64. The van der Waals surface area contributed by atoms with Gasteiger partial charge in [0.2, 0.25) is 5.91 Å². The maximum Gasteiger partial charge on any atom is 0.226 e. The van der Waals surface area contributed by atoms with Crippen LogP contribution >= 0.6 is 0 Å². The highest BCUT2D eigenvalue weighted by Gasteiger charge is 2.48. The molecule has 0 N–H and O–H groups in total. The molecule has 1 aliphatic heterocycles. The third kappa shape index (κ3) is 3.23. The van der Waals surface area contributed by atoms with E-state index >= 15 is 0 Å². The highest BCUT2D eigenvalue weighted by molar-refractivity contribution is 5.83. The van der Waals surface area contributed by atoms with Gasteiger partial charge in [0.15, 0.2) is 0 Å². The Hall–Kier alpha value is -1.55. The maximum atomic E-state index is 12.9. The molecule has 0 spiro atoms. The number of rotatable bonds is 5. The fourth-order valence-corrected chi connectivity index (χ4v) is 3.96. The Morgan fingerprint density at radius 1 is 1.35 bits per heavy atom. The van der Waals surface area contributed by atoms with E-state index in [9.17, 15) is 4.79 Å². The van der Waals surface area contributed by atoms with Gasteiger partial charge in [-0.05, 0) is 50.0 Å². The molecule has 126 valence electrons. The molecule has 1 aliphatic carbocycles. The molecule has 1 heterocycles. The van der Waals surface area contributed by atoms with Crippen molar-refractivity contribution in [3.63, 3.8) is 0 Å². The zero-order valence-corrected chi connectivity index (χ0v) is 14.7. The van der Waals surface area contributed by atoms with Crippen LogP contribution in [0.3, 0.4) is 0 Å². The largest absolute Gasteiger partial charge is 0.497 e. The summed E-state index contributed by atoms with van der Waals surface area (Å²) in [5.41, 5.74) is 1.23. The first-order valence-corrected chi connectivity index (χ1v) is 8.64. The Morgan fingerprint density at radius 3 is 2.74 bits per heavy atom. The number of methoxy groups -OCH3 is 1. The fourth-order valence-electron chi connectivity index (χ4n) is 3.96. The van der Waals surface area contributed by atoms with Crippen molar-refractivity contribution in [1.82, 2.24) is 9.80 Å². The van der Waals surface area contributed by atoms with Crippen LogP contribution in [0.25, 0.3) is 0 Å². The minimum atomic E-state index is 0.167. The smallest absolute Gasteiger partial charge is 0.226 e. The lowest BCUT2D eigenvalue weighted by atomic mass is 10.0. The molecule has 1 saturated heterocycles. The van der Waals surface area contributed by atoms with Gasteiger partial charge in [-0.2, -0.15) is 0 Å². The molecule has 3 rings (SSSR count). The summed E-state index contributed by atoms with van der Waals surface area (Å²) in [6.07, 6.45) is 2.11. The molecule has 1 aromatic rings. The summed E-state index contributed by atoms with van der Waals surface area (Å²) in [6, 6.07) is 8.65. The van der Waals surface area contributed by atoms with Crippen LogP contribution in [0.4, 0.5) is 0 Å². The van der Waals surface area contributed by atoms with Gasteiger partial charge in [-0.1, -0.05) is 25.5 Å². The second kappa shape index (κ2) is 6.52. The first kappa shape index (κ1) is 16.3. The lowest BCUT2D eigenvalue weighted by Crippen LogP contribution is -2.36. The first-order valence-electron chi connectivity index (χ1n) is 8.64. The standard InChI is InChI=1S/C19H28N2O2/c1-5-13-11-21(12-18(13)20(2)3)19(22)17-10-16(17)14-7-6-8-15(9-14)23-4/h6-9,13,16-18H,5,10-12H2,1-4H3. The topological polar surface area (TPSA) is 32.8 Å². The van der Waals surface area contributed by atoms with Crippen molar-refractivity contribution >= 4 is 5.91 Å². The molecule has 0 bridgehead atoms. The predicted molar refractivity (Wildman–Crippen MR) is 91.7 cm³/mol. The van der Waals surface area contributed by atoms with Crippen molar-refractivity contribution < 1.29 is 9.53 Å². The number of likely N-dealkylation sites (N-methyl/N-ethyl adjacent to an activating group) is 1. The summed E-state index contributed by atoms with van der Waals surface area (Å²) in [5, 5.41) is 0. The number of carbonyl (C=O) groups excluding carboxylic acids is 1. The molecule has 2 aliphatic rings. The summed E-state index contributed by atoms with van der Waals surface area (Å²) < 4.78 is 5.30. The molecule has 4 unspecified atom stereocenters. The van der Waals surface area contributed by atoms with Crippen molar-refractivity contribution in [1.29, 1.82) is 0 Å². The highest BCUT2D eigenvalue weighted by Crippen LogP contribution is 2.49. The fraction of sp³-hybridized carbons (Fsp3) is 0.632. The van der Waals surface area contributed by atoms with Crippen molar-refractivity contribution in [3.8, 4) is 5.75 Å². The van der Waals surface area contributed by atoms with E-state index in [0.29, 0.717) is 23.8 Å². The van der Waals surface area contributed by atoms with Crippen LogP contribution in [0.5, 0.6) is 5.75 Å². The molecule has 4 atom stereocenters. The average Bonchev–Trinajstić information content (AvgIpc) is 3.24. The van der Waals surface area contributed by atoms with Gasteiger partial charge >= 0.3 is 0 Å². The van der Waals surface area contributed by atoms with Crippen LogP contribution in [0.1, 0.15) is 31.2 Å². The Kier molecular flexibility index (Phi) is 4.62. The van der Waals surface area contributed by atoms with Crippen molar-refractivity contribution in [3.05, 3.63) is 29.8 Å². The van der Waals surface area contributed by atoms with Crippen LogP contribution in [-0.4, -0.2) is 56.0 Å². The molecule has 0 aromatic heterocycles. The van der Waals surface area contributed by atoms with Gasteiger partial charge in [-0.15, -0.1) is 0 Å². The number of ether oxygens (including phenoxy) is 1. The number of benzene rings is 1. The monoisotopic (exact) mass is 316 g/mol. The summed E-state index contributed by atoms with van der Waals surface area (Å²) in [4.78, 5) is 17.2. The van der Waals surface area contributed by atoms with Crippen molar-refractivity contribution in [2.75, 3.05) is 34.3 Å². The molecule has 1 aromatic carbocycles. The van der Waals surface area contributed by atoms with E-state index < -0.39 is 0 Å².